The van der Waals surface area contributed by atoms with Crippen LogP contribution in [-0.2, 0) is 5.41 Å². The molecule has 1 amide bonds. The molecule has 5 heteroatoms. The molecular formula is C23H22N4O. The molecule has 0 radical (unpaired) electrons. The van der Waals surface area contributed by atoms with Crippen LogP contribution in [0.3, 0.4) is 0 Å². The molecule has 0 spiro atoms. The predicted molar refractivity (Wildman–Crippen MR) is 112 cm³/mol. The number of hydrogen-bond donors (Lipinski definition) is 1. The number of carbonyl (C=O) groups is 1. The summed E-state index contributed by atoms with van der Waals surface area (Å²) in [5.74, 6) is 0.313. The number of benzene rings is 2. The first-order chi connectivity index (χ1) is 13.4. The van der Waals surface area contributed by atoms with Crippen LogP contribution in [0.1, 0.15) is 36.7 Å². The lowest BCUT2D eigenvalue weighted by Crippen LogP contribution is -2.15. The molecule has 0 bridgehead atoms. The zero-order valence-corrected chi connectivity index (χ0v) is 16.2. The van der Waals surface area contributed by atoms with E-state index < -0.39 is 0 Å². The second-order valence-corrected chi connectivity index (χ2v) is 7.78. The molecule has 0 fully saturated rings. The van der Waals surface area contributed by atoms with E-state index in [0.717, 1.165) is 11.3 Å². The van der Waals surface area contributed by atoms with E-state index in [9.17, 15) is 4.79 Å². The van der Waals surface area contributed by atoms with E-state index in [1.807, 2.05) is 66.7 Å². The first-order valence-electron chi connectivity index (χ1n) is 9.24. The van der Waals surface area contributed by atoms with Crippen LogP contribution in [0, 0.1) is 0 Å². The highest BCUT2D eigenvalue weighted by Crippen LogP contribution is 2.24. The van der Waals surface area contributed by atoms with E-state index in [1.54, 1.807) is 10.7 Å². The highest BCUT2D eigenvalue weighted by molar-refractivity contribution is 6.04. The first-order valence-corrected chi connectivity index (χ1v) is 9.24. The monoisotopic (exact) mass is 370 g/mol. The van der Waals surface area contributed by atoms with E-state index in [4.69, 9.17) is 0 Å². The summed E-state index contributed by atoms with van der Waals surface area (Å²) in [6.07, 6.45) is 1.70. The van der Waals surface area contributed by atoms with Crippen LogP contribution < -0.4 is 5.32 Å². The molecule has 2 aromatic heterocycles. The minimum atomic E-state index is -0.184. The molecule has 0 saturated heterocycles. The maximum atomic E-state index is 12.7. The maximum Gasteiger partial charge on any atom is 0.256 e. The van der Waals surface area contributed by atoms with Crippen LogP contribution in [0.2, 0.25) is 0 Å². The van der Waals surface area contributed by atoms with Gasteiger partial charge in [0.1, 0.15) is 5.82 Å². The summed E-state index contributed by atoms with van der Waals surface area (Å²) in [4.78, 5) is 17.2. The van der Waals surface area contributed by atoms with Gasteiger partial charge in [-0.1, -0.05) is 63.2 Å². The summed E-state index contributed by atoms with van der Waals surface area (Å²) >= 11 is 0. The summed E-state index contributed by atoms with van der Waals surface area (Å²) in [7, 11) is 0. The molecule has 0 aliphatic rings. The quantitative estimate of drug-likeness (QED) is 0.555. The molecule has 5 nitrogen and oxygen atoms in total. The first kappa shape index (κ1) is 17.9. The standard InChI is InChI=1S/C23H22N4O/c1-23(2,3)18-11-9-17(10-12-18)22(28)26-20-15-19(16-7-5-4-6-8-16)27-21(25-20)13-14-24-27/h4-15H,1-3H3,(H,25,26,28). The summed E-state index contributed by atoms with van der Waals surface area (Å²) in [5.41, 5.74) is 4.39. The molecule has 0 atom stereocenters. The Morgan fingerprint density at radius 1 is 0.964 bits per heavy atom. The van der Waals surface area contributed by atoms with Crippen molar-refractivity contribution in [3.63, 3.8) is 0 Å². The molecular weight excluding hydrogens is 348 g/mol. The summed E-state index contributed by atoms with van der Waals surface area (Å²) < 4.78 is 1.77. The summed E-state index contributed by atoms with van der Waals surface area (Å²) in [5, 5.41) is 7.26. The average molecular weight is 370 g/mol. The van der Waals surface area contributed by atoms with Crippen molar-refractivity contribution in [3.05, 3.63) is 84.1 Å². The fourth-order valence-electron chi connectivity index (χ4n) is 3.10. The second-order valence-electron chi connectivity index (χ2n) is 7.78. The number of carbonyl (C=O) groups excluding carboxylic acids is 1. The zero-order chi connectivity index (χ0) is 19.7. The molecule has 4 rings (SSSR count). The Labute approximate surface area is 164 Å². The molecule has 0 unspecified atom stereocenters. The number of amides is 1. The lowest BCUT2D eigenvalue weighted by Gasteiger charge is -2.19. The van der Waals surface area contributed by atoms with Gasteiger partial charge in [0.15, 0.2) is 5.65 Å². The van der Waals surface area contributed by atoms with Crippen LogP contribution >= 0.6 is 0 Å². The van der Waals surface area contributed by atoms with Gasteiger partial charge in [0, 0.05) is 23.3 Å². The van der Waals surface area contributed by atoms with E-state index in [-0.39, 0.29) is 11.3 Å². The number of nitrogens with zero attached hydrogens (tertiary/aromatic N) is 3. The lowest BCUT2D eigenvalue weighted by molar-refractivity contribution is 0.102. The van der Waals surface area contributed by atoms with Gasteiger partial charge in [0.05, 0.1) is 11.9 Å². The van der Waals surface area contributed by atoms with Crippen LogP contribution in [-0.4, -0.2) is 20.5 Å². The van der Waals surface area contributed by atoms with Crippen molar-refractivity contribution in [2.45, 2.75) is 26.2 Å². The highest BCUT2D eigenvalue weighted by atomic mass is 16.1. The number of fused-ring (bicyclic) bond motifs is 1. The van der Waals surface area contributed by atoms with Gasteiger partial charge < -0.3 is 5.32 Å². The Hall–Kier alpha value is -3.47. The van der Waals surface area contributed by atoms with Crippen LogP contribution in [0.5, 0.6) is 0 Å². The fourth-order valence-corrected chi connectivity index (χ4v) is 3.10. The smallest absolute Gasteiger partial charge is 0.256 e. The molecule has 0 aliphatic carbocycles. The lowest BCUT2D eigenvalue weighted by atomic mass is 9.87. The van der Waals surface area contributed by atoms with Gasteiger partial charge in [-0.2, -0.15) is 5.10 Å². The van der Waals surface area contributed by atoms with Crippen molar-refractivity contribution in [2.75, 3.05) is 5.32 Å². The minimum absolute atomic E-state index is 0.0498. The molecule has 2 aromatic carbocycles. The van der Waals surface area contributed by atoms with Crippen molar-refractivity contribution in [3.8, 4) is 11.3 Å². The Morgan fingerprint density at radius 2 is 1.68 bits per heavy atom. The number of nitrogens with one attached hydrogen (secondary N) is 1. The zero-order valence-electron chi connectivity index (χ0n) is 16.2. The fraction of sp³-hybridized carbons (Fsp3) is 0.174. The third kappa shape index (κ3) is 3.51. The van der Waals surface area contributed by atoms with Gasteiger partial charge in [0.2, 0.25) is 0 Å². The minimum Gasteiger partial charge on any atom is -0.306 e. The normalized spacial score (nSPS) is 11.5. The van der Waals surface area contributed by atoms with E-state index in [0.29, 0.717) is 17.0 Å². The Morgan fingerprint density at radius 3 is 2.36 bits per heavy atom. The van der Waals surface area contributed by atoms with Gasteiger partial charge in [-0.25, -0.2) is 9.50 Å². The number of anilines is 1. The van der Waals surface area contributed by atoms with Gasteiger partial charge in [-0.05, 0) is 23.1 Å². The largest absolute Gasteiger partial charge is 0.306 e. The van der Waals surface area contributed by atoms with Crippen molar-refractivity contribution < 1.29 is 4.79 Å². The van der Waals surface area contributed by atoms with E-state index in [1.165, 1.54) is 5.56 Å². The SMILES string of the molecule is CC(C)(C)c1ccc(C(=O)Nc2cc(-c3ccccc3)n3nccc3n2)cc1. The van der Waals surface area contributed by atoms with Crippen molar-refractivity contribution in [1.29, 1.82) is 0 Å². The van der Waals surface area contributed by atoms with E-state index in [2.05, 4.69) is 36.2 Å². The number of hydrogen-bond acceptors (Lipinski definition) is 3. The molecule has 2 heterocycles. The van der Waals surface area contributed by atoms with Crippen molar-refractivity contribution in [2.24, 2.45) is 0 Å². The van der Waals surface area contributed by atoms with Crippen LogP contribution in [0.25, 0.3) is 16.9 Å². The molecule has 140 valence electrons. The summed E-state index contributed by atoms with van der Waals surface area (Å²) in [6.45, 7) is 6.45. The molecule has 1 N–H and O–H groups in total. The Bertz CT molecular complexity index is 1120. The predicted octanol–water partition coefficient (Wildman–Crippen LogP) is 4.95. The Kier molecular flexibility index (Phi) is 4.43. The average Bonchev–Trinajstić information content (AvgIpc) is 3.16. The molecule has 0 aliphatic heterocycles. The number of rotatable bonds is 3. The van der Waals surface area contributed by atoms with Crippen molar-refractivity contribution in [1.82, 2.24) is 14.6 Å². The molecule has 28 heavy (non-hydrogen) atoms. The highest BCUT2D eigenvalue weighted by Gasteiger charge is 2.15. The maximum absolute atomic E-state index is 12.7. The van der Waals surface area contributed by atoms with Gasteiger partial charge in [-0.3, -0.25) is 4.79 Å². The van der Waals surface area contributed by atoms with Gasteiger partial charge in [0.25, 0.3) is 5.91 Å². The van der Waals surface area contributed by atoms with E-state index >= 15 is 0 Å². The summed E-state index contributed by atoms with van der Waals surface area (Å²) in [6, 6.07) is 21.3. The van der Waals surface area contributed by atoms with Gasteiger partial charge >= 0.3 is 0 Å². The van der Waals surface area contributed by atoms with Crippen LogP contribution in [0.4, 0.5) is 5.82 Å². The topological polar surface area (TPSA) is 59.3 Å². The second kappa shape index (κ2) is 6.93. The third-order valence-electron chi connectivity index (χ3n) is 4.68. The van der Waals surface area contributed by atoms with Gasteiger partial charge in [-0.15, -0.1) is 0 Å². The molecule has 4 aromatic rings. The Balaban J connectivity index is 1.66. The third-order valence-corrected chi connectivity index (χ3v) is 4.68. The van der Waals surface area contributed by atoms with Crippen LogP contribution in [0.15, 0.2) is 72.9 Å². The number of aromatic nitrogens is 3. The molecule has 0 saturated carbocycles. The van der Waals surface area contributed by atoms with Crippen molar-refractivity contribution >= 4 is 17.4 Å².